The summed E-state index contributed by atoms with van der Waals surface area (Å²) in [5.41, 5.74) is 2.01. The summed E-state index contributed by atoms with van der Waals surface area (Å²) >= 11 is 0. The Morgan fingerprint density at radius 2 is 1.95 bits per heavy atom. The first-order chi connectivity index (χ1) is 10.4. The van der Waals surface area contributed by atoms with Gasteiger partial charge < -0.3 is 19.8 Å². The number of ether oxygens (including phenoxy) is 2. The fourth-order valence-corrected chi connectivity index (χ4v) is 4.20. The van der Waals surface area contributed by atoms with Gasteiger partial charge in [0, 0.05) is 12.1 Å². The smallest absolute Gasteiger partial charge is 0.163 e. The highest BCUT2D eigenvalue weighted by Crippen LogP contribution is 2.44. The van der Waals surface area contributed by atoms with E-state index in [0.717, 1.165) is 46.7 Å². The quantitative estimate of drug-likeness (QED) is 0.844. The minimum atomic E-state index is 0.378. The molecule has 3 unspecified atom stereocenters. The van der Waals surface area contributed by atoms with Crippen LogP contribution in [-0.4, -0.2) is 29.7 Å². The van der Waals surface area contributed by atoms with E-state index in [2.05, 4.69) is 10.3 Å². The molecule has 2 aromatic rings. The maximum Gasteiger partial charge on any atom is 0.163 e. The molecule has 3 aliphatic rings. The lowest BCUT2D eigenvalue weighted by molar-refractivity contribution is 0.172. The fourth-order valence-electron chi connectivity index (χ4n) is 4.20. The van der Waals surface area contributed by atoms with Gasteiger partial charge in [-0.3, -0.25) is 0 Å². The molecule has 2 N–H and O–H groups in total. The normalized spacial score (nSPS) is 30.8. The summed E-state index contributed by atoms with van der Waals surface area (Å²) in [4.78, 5) is 8.30. The summed E-state index contributed by atoms with van der Waals surface area (Å²) in [7, 11) is 0. The van der Waals surface area contributed by atoms with Gasteiger partial charge in [0.1, 0.15) is 19.0 Å². The Morgan fingerprint density at radius 3 is 2.86 bits per heavy atom. The average molecular weight is 285 g/mol. The number of hydrogen-bond donors (Lipinski definition) is 2. The van der Waals surface area contributed by atoms with Crippen molar-refractivity contribution >= 4 is 11.0 Å². The third-order valence-electron chi connectivity index (χ3n) is 5.20. The van der Waals surface area contributed by atoms with E-state index >= 15 is 0 Å². The van der Waals surface area contributed by atoms with Crippen molar-refractivity contribution in [1.29, 1.82) is 0 Å². The highest BCUT2D eigenvalue weighted by Gasteiger charge is 2.40. The maximum absolute atomic E-state index is 5.65. The molecule has 1 aromatic carbocycles. The van der Waals surface area contributed by atoms with Crippen molar-refractivity contribution in [2.45, 2.75) is 25.3 Å². The number of imidazole rings is 1. The molecule has 1 aromatic heterocycles. The van der Waals surface area contributed by atoms with Gasteiger partial charge in [0.05, 0.1) is 17.1 Å². The minimum absolute atomic E-state index is 0.378. The Morgan fingerprint density at radius 1 is 1.10 bits per heavy atom. The molecule has 2 fully saturated rings. The van der Waals surface area contributed by atoms with Crippen LogP contribution in [0.15, 0.2) is 12.1 Å². The van der Waals surface area contributed by atoms with E-state index < -0.39 is 0 Å². The fraction of sp³-hybridized carbons (Fsp3) is 0.562. The molecule has 3 heterocycles. The summed E-state index contributed by atoms with van der Waals surface area (Å²) in [6.07, 6.45) is 4.05. The molecule has 0 amide bonds. The van der Waals surface area contributed by atoms with Gasteiger partial charge in [-0.15, -0.1) is 0 Å². The van der Waals surface area contributed by atoms with Gasteiger partial charge >= 0.3 is 0 Å². The van der Waals surface area contributed by atoms with Crippen molar-refractivity contribution in [2.24, 2.45) is 11.8 Å². The average Bonchev–Trinajstić information content (AvgIpc) is 3.18. The first-order valence-electron chi connectivity index (χ1n) is 7.91. The second-order valence-electron chi connectivity index (χ2n) is 6.38. The zero-order valence-electron chi connectivity index (χ0n) is 11.9. The van der Waals surface area contributed by atoms with Crippen LogP contribution < -0.4 is 14.8 Å². The van der Waals surface area contributed by atoms with Crippen molar-refractivity contribution in [3.63, 3.8) is 0 Å². The third kappa shape index (κ3) is 1.77. The number of nitrogens with one attached hydrogen (secondary N) is 2. The molecule has 0 spiro atoms. The standard InChI is InChI=1S/C16H19N3O2/c1-2-9-8-17-15(10(9)3-1)16-18-11-6-13-14(7-12(11)19-16)21-5-4-20-13/h6-7,9-10,15,17H,1-5,8H2,(H,18,19). The summed E-state index contributed by atoms with van der Waals surface area (Å²) < 4.78 is 11.3. The predicted octanol–water partition coefficient (Wildman–Crippen LogP) is 2.39. The van der Waals surface area contributed by atoms with Crippen molar-refractivity contribution in [1.82, 2.24) is 15.3 Å². The lowest BCUT2D eigenvalue weighted by Crippen LogP contribution is -2.18. The molecule has 3 atom stereocenters. The third-order valence-corrected chi connectivity index (χ3v) is 5.20. The summed E-state index contributed by atoms with van der Waals surface area (Å²) in [6.45, 7) is 2.37. The van der Waals surface area contributed by atoms with Gasteiger partial charge in [0.15, 0.2) is 11.5 Å². The first kappa shape index (κ1) is 11.9. The van der Waals surface area contributed by atoms with Crippen LogP contribution in [0.4, 0.5) is 0 Å². The molecule has 1 saturated heterocycles. The Labute approximate surface area is 123 Å². The lowest BCUT2D eigenvalue weighted by atomic mass is 9.94. The summed E-state index contributed by atoms with van der Waals surface area (Å²) in [5, 5.41) is 3.65. The largest absolute Gasteiger partial charge is 0.486 e. The molecule has 1 saturated carbocycles. The molecule has 21 heavy (non-hydrogen) atoms. The van der Waals surface area contributed by atoms with E-state index in [-0.39, 0.29) is 0 Å². The molecule has 0 bridgehead atoms. The van der Waals surface area contributed by atoms with Gasteiger partial charge in [0.25, 0.3) is 0 Å². The molecular formula is C16H19N3O2. The number of benzene rings is 1. The van der Waals surface area contributed by atoms with Gasteiger partial charge in [-0.2, -0.15) is 0 Å². The van der Waals surface area contributed by atoms with Gasteiger partial charge in [-0.05, 0) is 31.2 Å². The van der Waals surface area contributed by atoms with Crippen LogP contribution in [0.3, 0.4) is 0 Å². The zero-order valence-corrected chi connectivity index (χ0v) is 11.9. The van der Waals surface area contributed by atoms with Gasteiger partial charge in [-0.25, -0.2) is 4.98 Å². The number of fused-ring (bicyclic) bond motifs is 3. The molecule has 5 rings (SSSR count). The molecule has 1 aliphatic carbocycles. The number of H-pyrrole nitrogens is 1. The molecule has 110 valence electrons. The van der Waals surface area contributed by atoms with Crippen molar-refractivity contribution in [2.75, 3.05) is 19.8 Å². The number of hydrogen-bond acceptors (Lipinski definition) is 4. The van der Waals surface area contributed by atoms with Crippen LogP contribution in [-0.2, 0) is 0 Å². The zero-order chi connectivity index (χ0) is 13.8. The van der Waals surface area contributed by atoms with Crippen LogP contribution in [0.1, 0.15) is 31.1 Å². The van der Waals surface area contributed by atoms with E-state index in [1.807, 2.05) is 12.1 Å². The van der Waals surface area contributed by atoms with Crippen LogP contribution in [0.5, 0.6) is 11.5 Å². The SMILES string of the molecule is c1c2c(cc3[nH]c(C4NCC5CCCC54)nc13)OCCO2. The Hall–Kier alpha value is -1.75. The Bertz CT molecular complexity index is 653. The Balaban J connectivity index is 1.55. The van der Waals surface area contributed by atoms with Crippen molar-refractivity contribution < 1.29 is 9.47 Å². The molecule has 2 aliphatic heterocycles. The van der Waals surface area contributed by atoms with E-state index in [9.17, 15) is 0 Å². The maximum atomic E-state index is 5.65. The van der Waals surface area contributed by atoms with E-state index in [0.29, 0.717) is 19.3 Å². The minimum Gasteiger partial charge on any atom is -0.486 e. The predicted molar refractivity (Wildman–Crippen MR) is 78.7 cm³/mol. The number of rotatable bonds is 1. The van der Waals surface area contributed by atoms with Gasteiger partial charge in [-0.1, -0.05) is 6.42 Å². The highest BCUT2D eigenvalue weighted by molar-refractivity contribution is 5.80. The number of aromatic amines is 1. The van der Waals surface area contributed by atoms with Crippen LogP contribution in [0.2, 0.25) is 0 Å². The second-order valence-corrected chi connectivity index (χ2v) is 6.38. The highest BCUT2D eigenvalue weighted by atomic mass is 16.6. The van der Waals surface area contributed by atoms with Crippen LogP contribution in [0, 0.1) is 11.8 Å². The molecular weight excluding hydrogens is 266 g/mol. The number of aromatic nitrogens is 2. The van der Waals surface area contributed by atoms with E-state index in [1.54, 1.807) is 0 Å². The Kier molecular flexibility index (Phi) is 2.47. The summed E-state index contributed by atoms with van der Waals surface area (Å²) in [6, 6.07) is 4.38. The van der Waals surface area contributed by atoms with E-state index in [4.69, 9.17) is 14.5 Å². The number of nitrogens with zero attached hydrogens (tertiary/aromatic N) is 1. The molecule has 0 radical (unpaired) electrons. The van der Waals surface area contributed by atoms with E-state index in [1.165, 1.54) is 19.3 Å². The van der Waals surface area contributed by atoms with Gasteiger partial charge in [0.2, 0.25) is 0 Å². The molecule has 5 nitrogen and oxygen atoms in total. The van der Waals surface area contributed by atoms with Crippen molar-refractivity contribution in [3.8, 4) is 11.5 Å². The first-order valence-corrected chi connectivity index (χ1v) is 7.91. The van der Waals surface area contributed by atoms with Crippen LogP contribution in [0.25, 0.3) is 11.0 Å². The monoisotopic (exact) mass is 285 g/mol. The molecule has 5 heteroatoms. The second kappa shape index (κ2) is 4.37. The topological polar surface area (TPSA) is 59.2 Å². The summed E-state index contributed by atoms with van der Waals surface area (Å²) in [5.74, 6) is 4.28. The van der Waals surface area contributed by atoms with Crippen LogP contribution >= 0.6 is 0 Å². The lowest BCUT2D eigenvalue weighted by Gasteiger charge is -2.17. The van der Waals surface area contributed by atoms with Crippen molar-refractivity contribution in [3.05, 3.63) is 18.0 Å².